The van der Waals surface area contributed by atoms with Crippen molar-refractivity contribution in [1.29, 1.82) is 0 Å². The summed E-state index contributed by atoms with van der Waals surface area (Å²) in [6, 6.07) is 14.9. The van der Waals surface area contributed by atoms with E-state index in [1.165, 1.54) is 16.3 Å². The van der Waals surface area contributed by atoms with Crippen LogP contribution in [0.1, 0.15) is 38.7 Å². The lowest BCUT2D eigenvalue weighted by molar-refractivity contribution is -0.0519. The normalized spacial score (nSPS) is 30.6. The lowest BCUT2D eigenvalue weighted by Crippen LogP contribution is -2.43. The zero-order chi connectivity index (χ0) is 14.2. The lowest BCUT2D eigenvalue weighted by Gasteiger charge is -2.41. The predicted molar refractivity (Wildman–Crippen MR) is 84.8 cm³/mol. The summed E-state index contributed by atoms with van der Waals surface area (Å²) in [5.41, 5.74) is 0.753. The minimum absolute atomic E-state index is 0.380. The Labute approximate surface area is 121 Å². The maximum absolute atomic E-state index is 11.1. The van der Waals surface area contributed by atoms with Crippen molar-refractivity contribution in [3.05, 3.63) is 48.0 Å². The van der Waals surface area contributed by atoms with Crippen LogP contribution in [0, 0.1) is 11.8 Å². The first kappa shape index (κ1) is 13.6. The van der Waals surface area contributed by atoms with E-state index in [0.29, 0.717) is 5.92 Å². The summed E-state index contributed by atoms with van der Waals surface area (Å²) >= 11 is 0. The summed E-state index contributed by atoms with van der Waals surface area (Å²) in [4.78, 5) is 0. The maximum atomic E-state index is 11.1. The van der Waals surface area contributed by atoms with Gasteiger partial charge in [-0.25, -0.2) is 0 Å². The molecule has 0 aliphatic heterocycles. The molecule has 3 unspecified atom stereocenters. The molecule has 1 heteroatoms. The Balaban J connectivity index is 1.93. The van der Waals surface area contributed by atoms with Gasteiger partial charge < -0.3 is 5.11 Å². The van der Waals surface area contributed by atoms with E-state index < -0.39 is 5.60 Å². The quantitative estimate of drug-likeness (QED) is 0.846. The molecule has 106 valence electrons. The van der Waals surface area contributed by atoms with E-state index in [0.717, 1.165) is 31.6 Å². The average molecular weight is 268 g/mol. The smallest absolute Gasteiger partial charge is 0.0713 e. The van der Waals surface area contributed by atoms with Gasteiger partial charge in [-0.3, -0.25) is 0 Å². The molecule has 2 aromatic rings. The summed E-state index contributed by atoms with van der Waals surface area (Å²) in [6.45, 7) is 4.51. The van der Waals surface area contributed by atoms with Gasteiger partial charge in [0.15, 0.2) is 0 Å². The monoisotopic (exact) mass is 268 g/mol. The molecule has 0 aromatic heterocycles. The van der Waals surface area contributed by atoms with Crippen molar-refractivity contribution in [1.82, 2.24) is 0 Å². The minimum Gasteiger partial charge on any atom is -0.389 e. The van der Waals surface area contributed by atoms with Gasteiger partial charge in [-0.15, -0.1) is 0 Å². The summed E-state index contributed by atoms with van der Waals surface area (Å²) in [5.74, 6) is 1.13. The maximum Gasteiger partial charge on any atom is 0.0713 e. The highest BCUT2D eigenvalue weighted by Gasteiger charge is 2.38. The topological polar surface area (TPSA) is 20.2 Å². The van der Waals surface area contributed by atoms with Gasteiger partial charge in [-0.1, -0.05) is 56.3 Å². The molecule has 1 aliphatic rings. The fraction of sp³-hybridized carbons (Fsp3) is 0.474. The second-order valence-corrected chi connectivity index (χ2v) is 6.70. The molecular weight excluding hydrogens is 244 g/mol. The molecule has 1 N–H and O–H groups in total. The van der Waals surface area contributed by atoms with Crippen LogP contribution in [0.15, 0.2) is 42.5 Å². The Morgan fingerprint density at radius 3 is 2.65 bits per heavy atom. The molecule has 20 heavy (non-hydrogen) atoms. The third-order valence-corrected chi connectivity index (χ3v) is 5.12. The van der Waals surface area contributed by atoms with E-state index in [2.05, 4.69) is 56.3 Å². The number of hydrogen-bond acceptors (Lipinski definition) is 1. The van der Waals surface area contributed by atoms with Gasteiger partial charge in [-0.2, -0.15) is 0 Å². The SMILES string of the molecule is CC1CCC(O)(Cc2cccc3ccccc23)C(C)C1. The summed E-state index contributed by atoms with van der Waals surface area (Å²) in [6.07, 6.45) is 3.99. The Bertz CT molecular complexity index is 598. The van der Waals surface area contributed by atoms with Crippen LogP contribution < -0.4 is 0 Å². The van der Waals surface area contributed by atoms with Crippen molar-refractivity contribution in [3.8, 4) is 0 Å². The second kappa shape index (κ2) is 5.21. The number of aliphatic hydroxyl groups is 1. The van der Waals surface area contributed by atoms with Gasteiger partial charge in [0.1, 0.15) is 0 Å². The minimum atomic E-state index is -0.531. The number of benzene rings is 2. The molecule has 0 bridgehead atoms. The first-order valence-corrected chi connectivity index (χ1v) is 7.77. The Morgan fingerprint density at radius 1 is 1.10 bits per heavy atom. The number of hydrogen-bond donors (Lipinski definition) is 1. The van der Waals surface area contributed by atoms with E-state index in [9.17, 15) is 5.11 Å². The standard InChI is InChI=1S/C19H24O/c1-14-10-11-19(20,15(2)12-14)13-17-8-5-7-16-6-3-4-9-18(16)17/h3-9,14-15,20H,10-13H2,1-2H3. The molecule has 3 atom stereocenters. The van der Waals surface area contributed by atoms with Gasteiger partial charge in [0.05, 0.1) is 5.60 Å². The van der Waals surface area contributed by atoms with Crippen molar-refractivity contribution in [3.63, 3.8) is 0 Å². The third kappa shape index (κ3) is 2.47. The summed E-state index contributed by atoms with van der Waals surface area (Å²) in [5, 5.41) is 13.6. The van der Waals surface area contributed by atoms with Gasteiger partial charge in [0.2, 0.25) is 0 Å². The van der Waals surface area contributed by atoms with E-state index in [1.54, 1.807) is 0 Å². The highest BCUT2D eigenvalue weighted by molar-refractivity contribution is 5.85. The number of fused-ring (bicyclic) bond motifs is 1. The van der Waals surface area contributed by atoms with Gasteiger partial charge in [0.25, 0.3) is 0 Å². The molecule has 0 heterocycles. The fourth-order valence-electron chi connectivity index (χ4n) is 3.72. The molecule has 0 radical (unpaired) electrons. The van der Waals surface area contributed by atoms with Crippen LogP contribution in [-0.2, 0) is 6.42 Å². The average Bonchev–Trinajstić information content (AvgIpc) is 2.44. The Morgan fingerprint density at radius 2 is 1.85 bits per heavy atom. The molecule has 3 rings (SSSR count). The second-order valence-electron chi connectivity index (χ2n) is 6.70. The van der Waals surface area contributed by atoms with Gasteiger partial charge in [-0.05, 0) is 47.4 Å². The Hall–Kier alpha value is -1.34. The molecular formula is C19H24O. The van der Waals surface area contributed by atoms with Crippen LogP contribution in [0.4, 0.5) is 0 Å². The summed E-state index contributed by atoms with van der Waals surface area (Å²) < 4.78 is 0. The van der Waals surface area contributed by atoms with Crippen LogP contribution in [0.5, 0.6) is 0 Å². The van der Waals surface area contributed by atoms with Crippen molar-refractivity contribution < 1.29 is 5.11 Å². The molecule has 1 fully saturated rings. The molecule has 2 aromatic carbocycles. The molecule has 0 spiro atoms. The van der Waals surface area contributed by atoms with Gasteiger partial charge in [0, 0.05) is 6.42 Å². The largest absolute Gasteiger partial charge is 0.389 e. The first-order chi connectivity index (χ1) is 9.58. The highest BCUT2D eigenvalue weighted by atomic mass is 16.3. The van der Waals surface area contributed by atoms with Crippen LogP contribution in [0.2, 0.25) is 0 Å². The van der Waals surface area contributed by atoms with E-state index in [1.807, 2.05) is 0 Å². The van der Waals surface area contributed by atoms with Crippen LogP contribution in [0.25, 0.3) is 10.8 Å². The molecule has 1 aliphatic carbocycles. The molecule has 1 nitrogen and oxygen atoms in total. The molecule has 0 amide bonds. The molecule has 0 saturated heterocycles. The zero-order valence-corrected chi connectivity index (χ0v) is 12.5. The third-order valence-electron chi connectivity index (χ3n) is 5.12. The zero-order valence-electron chi connectivity index (χ0n) is 12.5. The van der Waals surface area contributed by atoms with E-state index in [4.69, 9.17) is 0 Å². The number of rotatable bonds is 2. The van der Waals surface area contributed by atoms with Gasteiger partial charge >= 0.3 is 0 Å². The lowest BCUT2D eigenvalue weighted by atomic mass is 9.69. The van der Waals surface area contributed by atoms with Crippen molar-refractivity contribution in [2.24, 2.45) is 11.8 Å². The molecule has 1 saturated carbocycles. The van der Waals surface area contributed by atoms with E-state index in [-0.39, 0.29) is 0 Å². The predicted octanol–water partition coefficient (Wildman–Crippen LogP) is 4.57. The van der Waals surface area contributed by atoms with Crippen LogP contribution in [-0.4, -0.2) is 10.7 Å². The van der Waals surface area contributed by atoms with Crippen LogP contribution >= 0.6 is 0 Å². The van der Waals surface area contributed by atoms with Crippen molar-refractivity contribution in [2.45, 2.75) is 45.1 Å². The van der Waals surface area contributed by atoms with Crippen molar-refractivity contribution >= 4 is 10.8 Å². The van der Waals surface area contributed by atoms with Crippen molar-refractivity contribution in [2.75, 3.05) is 0 Å². The van der Waals surface area contributed by atoms with E-state index >= 15 is 0 Å². The highest BCUT2D eigenvalue weighted by Crippen LogP contribution is 2.39. The fourth-order valence-corrected chi connectivity index (χ4v) is 3.72. The van der Waals surface area contributed by atoms with Crippen LogP contribution in [0.3, 0.4) is 0 Å². The first-order valence-electron chi connectivity index (χ1n) is 7.77. The Kier molecular flexibility index (Phi) is 3.55. The summed E-state index contributed by atoms with van der Waals surface area (Å²) in [7, 11) is 0.